The molecule has 0 fully saturated rings. The Morgan fingerprint density at radius 1 is 1.22 bits per heavy atom. The first kappa shape index (κ1) is 17.0. The molecule has 0 saturated heterocycles. The third-order valence-electron chi connectivity index (χ3n) is 3.13. The molecule has 0 aliphatic rings. The lowest BCUT2D eigenvalue weighted by molar-refractivity contribution is -0.142. The van der Waals surface area contributed by atoms with Gasteiger partial charge in [0.05, 0.1) is 0 Å². The molecular formula is C18H19NO3S. The van der Waals surface area contributed by atoms with Crippen molar-refractivity contribution in [2.45, 2.75) is 19.8 Å². The topological polar surface area (TPSA) is 55.4 Å². The number of amides is 1. The molecule has 1 N–H and O–H groups in total. The first-order valence-electron chi connectivity index (χ1n) is 7.33. The average molecular weight is 329 g/mol. The predicted molar refractivity (Wildman–Crippen MR) is 93.5 cm³/mol. The lowest BCUT2D eigenvalue weighted by Crippen LogP contribution is -2.20. The normalized spacial score (nSPS) is 10.9. The van der Waals surface area contributed by atoms with E-state index in [9.17, 15) is 9.59 Å². The minimum atomic E-state index is -0.538. The van der Waals surface area contributed by atoms with E-state index in [0.29, 0.717) is 11.6 Å². The van der Waals surface area contributed by atoms with E-state index in [0.717, 1.165) is 4.88 Å². The van der Waals surface area contributed by atoms with E-state index in [-0.39, 0.29) is 12.5 Å². The number of rotatable bonds is 6. The summed E-state index contributed by atoms with van der Waals surface area (Å²) in [5.41, 5.74) is 1.89. The molecule has 4 nitrogen and oxygen atoms in total. The van der Waals surface area contributed by atoms with Crippen molar-refractivity contribution in [1.29, 1.82) is 0 Å². The molecule has 2 rings (SSSR count). The molecule has 5 heteroatoms. The van der Waals surface area contributed by atoms with Gasteiger partial charge in [-0.25, -0.2) is 4.79 Å². The van der Waals surface area contributed by atoms with Crippen molar-refractivity contribution in [2.75, 3.05) is 11.9 Å². The van der Waals surface area contributed by atoms with Gasteiger partial charge in [0, 0.05) is 16.6 Å². The van der Waals surface area contributed by atoms with E-state index in [2.05, 4.69) is 19.2 Å². The fourth-order valence-electron chi connectivity index (χ4n) is 1.87. The third-order valence-corrected chi connectivity index (χ3v) is 3.97. The summed E-state index contributed by atoms with van der Waals surface area (Å²) >= 11 is 1.52. The second-order valence-electron chi connectivity index (χ2n) is 5.28. The minimum Gasteiger partial charge on any atom is -0.452 e. The first-order chi connectivity index (χ1) is 11.0. The minimum absolute atomic E-state index is 0.306. The molecule has 120 valence electrons. The maximum absolute atomic E-state index is 11.8. The first-order valence-corrected chi connectivity index (χ1v) is 8.20. The highest BCUT2D eigenvalue weighted by molar-refractivity contribution is 7.10. The lowest BCUT2D eigenvalue weighted by Gasteiger charge is -2.08. The number of ether oxygens (including phenoxy) is 1. The summed E-state index contributed by atoms with van der Waals surface area (Å²) in [7, 11) is 0. The van der Waals surface area contributed by atoms with Crippen molar-refractivity contribution < 1.29 is 14.3 Å². The zero-order chi connectivity index (χ0) is 16.7. The Kier molecular flexibility index (Phi) is 6.11. The average Bonchev–Trinajstić information content (AvgIpc) is 3.05. The van der Waals surface area contributed by atoms with Crippen molar-refractivity contribution in [2.24, 2.45) is 0 Å². The molecule has 1 amide bonds. The predicted octanol–water partition coefficient (Wildman–Crippen LogP) is 4.07. The number of hydrogen-bond acceptors (Lipinski definition) is 4. The van der Waals surface area contributed by atoms with Crippen molar-refractivity contribution in [3.8, 4) is 0 Å². The molecule has 0 atom stereocenters. The maximum atomic E-state index is 11.8. The molecule has 1 aromatic carbocycles. The molecule has 1 heterocycles. The van der Waals surface area contributed by atoms with Gasteiger partial charge in [0.15, 0.2) is 6.61 Å². The summed E-state index contributed by atoms with van der Waals surface area (Å²) in [5, 5.41) is 4.61. The van der Waals surface area contributed by atoms with Crippen LogP contribution < -0.4 is 5.32 Å². The lowest BCUT2D eigenvalue weighted by atomic mass is 10.0. The smallest absolute Gasteiger partial charge is 0.331 e. The quantitative estimate of drug-likeness (QED) is 0.642. The van der Waals surface area contributed by atoms with Crippen LogP contribution in [0.5, 0.6) is 0 Å². The van der Waals surface area contributed by atoms with Gasteiger partial charge in [-0.05, 0) is 41.1 Å². The molecule has 0 unspecified atom stereocenters. The molecular weight excluding hydrogens is 310 g/mol. The number of carbonyl (C=O) groups is 2. The fraction of sp³-hybridized carbons (Fsp3) is 0.222. The Balaban J connectivity index is 1.77. The van der Waals surface area contributed by atoms with Crippen LogP contribution in [0, 0.1) is 0 Å². The van der Waals surface area contributed by atoms with Gasteiger partial charge in [-0.1, -0.05) is 32.0 Å². The largest absolute Gasteiger partial charge is 0.452 e. The van der Waals surface area contributed by atoms with E-state index in [4.69, 9.17) is 4.74 Å². The fourth-order valence-corrected chi connectivity index (χ4v) is 2.49. The van der Waals surface area contributed by atoms with Crippen LogP contribution in [0.1, 0.15) is 30.2 Å². The van der Waals surface area contributed by atoms with Gasteiger partial charge in [-0.3, -0.25) is 4.79 Å². The second kappa shape index (κ2) is 8.29. The van der Waals surface area contributed by atoms with Gasteiger partial charge < -0.3 is 10.1 Å². The highest BCUT2D eigenvalue weighted by Gasteiger charge is 2.06. The molecule has 2 aromatic rings. The van der Waals surface area contributed by atoms with Crippen molar-refractivity contribution >= 4 is 35.0 Å². The summed E-state index contributed by atoms with van der Waals surface area (Å²) in [6.07, 6.45) is 2.98. The third kappa shape index (κ3) is 5.71. The number of hydrogen-bond donors (Lipinski definition) is 1. The van der Waals surface area contributed by atoms with E-state index < -0.39 is 5.97 Å². The SMILES string of the molecule is CC(C)c1ccc(NC(=O)COC(=O)C=Cc2cccs2)cc1. The number of carbonyl (C=O) groups excluding carboxylic acids is 2. The van der Waals surface area contributed by atoms with Gasteiger partial charge in [0.25, 0.3) is 5.91 Å². The van der Waals surface area contributed by atoms with Crippen LogP contribution in [0.2, 0.25) is 0 Å². The van der Waals surface area contributed by atoms with Crippen LogP contribution in [-0.2, 0) is 14.3 Å². The Bertz CT molecular complexity index is 673. The van der Waals surface area contributed by atoms with Gasteiger partial charge in [0.2, 0.25) is 0 Å². The summed E-state index contributed by atoms with van der Waals surface area (Å²) < 4.78 is 4.90. The van der Waals surface area contributed by atoms with Crippen LogP contribution in [-0.4, -0.2) is 18.5 Å². The van der Waals surface area contributed by atoms with Crippen molar-refractivity contribution in [3.63, 3.8) is 0 Å². The van der Waals surface area contributed by atoms with Crippen molar-refractivity contribution in [3.05, 3.63) is 58.3 Å². The van der Waals surface area contributed by atoms with E-state index in [1.165, 1.54) is 23.0 Å². The molecule has 23 heavy (non-hydrogen) atoms. The summed E-state index contributed by atoms with van der Waals surface area (Å²) in [5.74, 6) is -0.459. The monoisotopic (exact) mass is 329 g/mol. The zero-order valence-electron chi connectivity index (χ0n) is 13.1. The number of nitrogens with one attached hydrogen (secondary N) is 1. The number of esters is 1. The van der Waals surface area contributed by atoms with E-state index in [1.807, 2.05) is 41.8 Å². The van der Waals surface area contributed by atoms with Crippen LogP contribution in [0.15, 0.2) is 47.9 Å². The maximum Gasteiger partial charge on any atom is 0.331 e. The van der Waals surface area contributed by atoms with Crippen LogP contribution in [0.4, 0.5) is 5.69 Å². The molecule has 0 aliphatic heterocycles. The molecule has 0 bridgehead atoms. The van der Waals surface area contributed by atoms with Gasteiger partial charge in [-0.15, -0.1) is 11.3 Å². The van der Waals surface area contributed by atoms with Gasteiger partial charge >= 0.3 is 5.97 Å². The van der Waals surface area contributed by atoms with Gasteiger partial charge in [0.1, 0.15) is 0 Å². The Labute approximate surface area is 139 Å². The molecule has 0 aliphatic carbocycles. The van der Waals surface area contributed by atoms with Crippen LogP contribution in [0.3, 0.4) is 0 Å². The number of anilines is 1. The van der Waals surface area contributed by atoms with E-state index in [1.54, 1.807) is 6.08 Å². The molecule has 1 aromatic heterocycles. The summed E-state index contributed by atoms with van der Waals surface area (Å²) in [6.45, 7) is 3.91. The number of benzene rings is 1. The molecule has 0 spiro atoms. The molecule has 0 saturated carbocycles. The molecule has 0 radical (unpaired) electrons. The highest BCUT2D eigenvalue weighted by atomic mass is 32.1. The number of thiophene rings is 1. The van der Waals surface area contributed by atoms with Gasteiger partial charge in [-0.2, -0.15) is 0 Å². The summed E-state index contributed by atoms with van der Waals surface area (Å²) in [4.78, 5) is 24.2. The van der Waals surface area contributed by atoms with Crippen molar-refractivity contribution in [1.82, 2.24) is 0 Å². The standard InChI is InChI=1S/C18H19NO3S/c1-13(2)14-5-7-15(8-6-14)19-17(20)12-22-18(21)10-9-16-4-3-11-23-16/h3-11,13H,12H2,1-2H3,(H,19,20). The van der Waals surface area contributed by atoms with Crippen LogP contribution in [0.25, 0.3) is 6.08 Å². The highest BCUT2D eigenvalue weighted by Crippen LogP contribution is 2.17. The second-order valence-corrected chi connectivity index (χ2v) is 6.26. The summed E-state index contributed by atoms with van der Waals surface area (Å²) in [6, 6.07) is 11.4. The van der Waals surface area contributed by atoms with Crippen LogP contribution >= 0.6 is 11.3 Å². The Morgan fingerprint density at radius 3 is 2.57 bits per heavy atom. The Hall–Kier alpha value is -2.40. The Morgan fingerprint density at radius 2 is 1.96 bits per heavy atom. The van der Waals surface area contributed by atoms with E-state index >= 15 is 0 Å². The zero-order valence-corrected chi connectivity index (χ0v) is 13.9.